The highest BCUT2D eigenvalue weighted by Gasteiger charge is 2.19. The molecule has 0 fully saturated rings. The quantitative estimate of drug-likeness (QED) is 0.839. The number of anilines is 1. The third kappa shape index (κ3) is 4.71. The molecular formula is C18H20FNO3. The fourth-order valence-corrected chi connectivity index (χ4v) is 2.04. The summed E-state index contributed by atoms with van der Waals surface area (Å²) in [5.74, 6) is 0.000992. The second kappa shape index (κ2) is 8.17. The van der Waals surface area contributed by atoms with Crippen LogP contribution in [0.5, 0.6) is 11.5 Å². The van der Waals surface area contributed by atoms with Crippen LogP contribution in [0, 0.1) is 5.82 Å². The molecule has 5 heteroatoms. The monoisotopic (exact) mass is 317 g/mol. The first-order chi connectivity index (χ1) is 11.1. The molecule has 0 aromatic heterocycles. The van der Waals surface area contributed by atoms with Crippen molar-refractivity contribution in [3.8, 4) is 11.5 Å². The van der Waals surface area contributed by atoms with Crippen LogP contribution in [-0.2, 0) is 4.79 Å². The molecule has 0 heterocycles. The molecule has 4 nitrogen and oxygen atoms in total. The van der Waals surface area contributed by atoms with Crippen LogP contribution < -0.4 is 14.8 Å². The maximum atomic E-state index is 13.6. The Morgan fingerprint density at radius 1 is 1.13 bits per heavy atom. The van der Waals surface area contributed by atoms with Crippen molar-refractivity contribution in [3.63, 3.8) is 0 Å². The summed E-state index contributed by atoms with van der Waals surface area (Å²) in [6.07, 6.45) is -0.338. The zero-order valence-corrected chi connectivity index (χ0v) is 13.2. The van der Waals surface area contributed by atoms with E-state index < -0.39 is 11.9 Å². The summed E-state index contributed by atoms with van der Waals surface area (Å²) in [7, 11) is 0. The van der Waals surface area contributed by atoms with Crippen LogP contribution in [0.15, 0.2) is 48.5 Å². The molecule has 0 radical (unpaired) electrons. The molecule has 0 saturated heterocycles. The van der Waals surface area contributed by atoms with Gasteiger partial charge >= 0.3 is 0 Å². The zero-order valence-electron chi connectivity index (χ0n) is 13.2. The number of rotatable bonds is 7. The van der Waals surface area contributed by atoms with E-state index in [9.17, 15) is 9.18 Å². The lowest BCUT2D eigenvalue weighted by Crippen LogP contribution is -2.32. The molecule has 0 aliphatic rings. The number of amides is 1. The minimum atomic E-state index is -0.765. The lowest BCUT2D eigenvalue weighted by molar-refractivity contribution is -0.122. The second-order valence-corrected chi connectivity index (χ2v) is 4.89. The van der Waals surface area contributed by atoms with Crippen LogP contribution in [0.1, 0.15) is 20.3 Å². The van der Waals surface area contributed by atoms with Gasteiger partial charge in [0.15, 0.2) is 17.7 Å². The number of hydrogen-bond acceptors (Lipinski definition) is 3. The zero-order chi connectivity index (χ0) is 16.7. The van der Waals surface area contributed by atoms with Crippen molar-refractivity contribution in [1.29, 1.82) is 0 Å². The van der Waals surface area contributed by atoms with Gasteiger partial charge in [0, 0.05) is 5.69 Å². The van der Waals surface area contributed by atoms with Crippen LogP contribution >= 0.6 is 0 Å². The van der Waals surface area contributed by atoms with Gasteiger partial charge in [-0.1, -0.05) is 19.1 Å². The Balaban J connectivity index is 2.01. The number of halogens is 1. The highest BCUT2D eigenvalue weighted by atomic mass is 19.1. The third-order valence-corrected chi connectivity index (χ3v) is 3.20. The van der Waals surface area contributed by atoms with Gasteiger partial charge in [0.2, 0.25) is 0 Å². The number of carbonyl (C=O) groups is 1. The molecule has 0 aliphatic carbocycles. The van der Waals surface area contributed by atoms with Crippen molar-refractivity contribution >= 4 is 11.6 Å². The first kappa shape index (κ1) is 16.8. The standard InChI is InChI=1S/C18H20FNO3/c1-3-16(23-17-8-6-5-7-15(17)19)18(21)20-13-9-11-14(12-10-13)22-4-2/h5-12,16H,3-4H2,1-2H3,(H,20,21)/t16-/m0/s1. The molecule has 0 aliphatic heterocycles. The normalized spacial score (nSPS) is 11.6. The van der Waals surface area contributed by atoms with E-state index in [1.807, 2.05) is 13.8 Å². The average Bonchev–Trinajstić information content (AvgIpc) is 2.56. The molecule has 1 amide bonds. The Bertz CT molecular complexity index is 643. The maximum Gasteiger partial charge on any atom is 0.265 e. The van der Waals surface area contributed by atoms with E-state index in [4.69, 9.17) is 9.47 Å². The Hall–Kier alpha value is -2.56. The number of hydrogen-bond donors (Lipinski definition) is 1. The van der Waals surface area contributed by atoms with Crippen LogP contribution in [-0.4, -0.2) is 18.6 Å². The summed E-state index contributed by atoms with van der Waals surface area (Å²) in [6, 6.07) is 13.1. The van der Waals surface area contributed by atoms with Crippen molar-refractivity contribution in [2.24, 2.45) is 0 Å². The Kier molecular flexibility index (Phi) is 5.97. The Morgan fingerprint density at radius 2 is 1.83 bits per heavy atom. The van der Waals surface area contributed by atoms with Gasteiger partial charge in [-0.15, -0.1) is 0 Å². The molecule has 0 unspecified atom stereocenters. The predicted molar refractivity (Wildman–Crippen MR) is 87.3 cm³/mol. The lowest BCUT2D eigenvalue weighted by atomic mass is 10.2. The second-order valence-electron chi connectivity index (χ2n) is 4.89. The third-order valence-electron chi connectivity index (χ3n) is 3.20. The SMILES string of the molecule is CCOc1ccc(NC(=O)[C@H](CC)Oc2ccccc2F)cc1. The number of benzene rings is 2. The molecule has 2 aromatic rings. The van der Waals surface area contributed by atoms with Gasteiger partial charge in [-0.25, -0.2) is 4.39 Å². The molecule has 2 rings (SSSR count). The van der Waals surface area contributed by atoms with Gasteiger partial charge in [0.1, 0.15) is 5.75 Å². The van der Waals surface area contributed by atoms with E-state index in [0.717, 1.165) is 5.75 Å². The minimum absolute atomic E-state index is 0.0705. The molecule has 122 valence electrons. The molecule has 0 spiro atoms. The van der Waals surface area contributed by atoms with Crippen LogP contribution in [0.25, 0.3) is 0 Å². The number of carbonyl (C=O) groups excluding carboxylic acids is 1. The van der Waals surface area contributed by atoms with E-state index in [1.54, 1.807) is 36.4 Å². The number of ether oxygens (including phenoxy) is 2. The maximum absolute atomic E-state index is 13.6. The molecular weight excluding hydrogens is 297 g/mol. The fraction of sp³-hybridized carbons (Fsp3) is 0.278. The van der Waals surface area contributed by atoms with Gasteiger partial charge in [-0.2, -0.15) is 0 Å². The summed E-state index contributed by atoms with van der Waals surface area (Å²) in [5, 5.41) is 2.76. The lowest BCUT2D eigenvalue weighted by Gasteiger charge is -2.17. The molecule has 0 bridgehead atoms. The van der Waals surface area contributed by atoms with Crippen molar-refractivity contribution in [2.45, 2.75) is 26.4 Å². The van der Waals surface area contributed by atoms with Gasteiger partial charge < -0.3 is 14.8 Å². The van der Waals surface area contributed by atoms with Crippen LogP contribution in [0.3, 0.4) is 0 Å². The van der Waals surface area contributed by atoms with Gasteiger partial charge in [-0.05, 0) is 49.7 Å². The number of para-hydroxylation sites is 1. The molecule has 23 heavy (non-hydrogen) atoms. The summed E-state index contributed by atoms with van der Waals surface area (Å²) in [5.41, 5.74) is 0.633. The summed E-state index contributed by atoms with van der Waals surface area (Å²) in [4.78, 5) is 12.3. The van der Waals surface area contributed by atoms with Gasteiger partial charge in [0.05, 0.1) is 6.61 Å². The highest BCUT2D eigenvalue weighted by Crippen LogP contribution is 2.20. The van der Waals surface area contributed by atoms with E-state index in [-0.39, 0.29) is 11.7 Å². The molecule has 2 aromatic carbocycles. The largest absolute Gasteiger partial charge is 0.494 e. The predicted octanol–water partition coefficient (Wildman–Crippen LogP) is 4.02. The Morgan fingerprint density at radius 3 is 2.43 bits per heavy atom. The van der Waals surface area contributed by atoms with Crippen molar-refractivity contribution in [1.82, 2.24) is 0 Å². The summed E-state index contributed by atoms with van der Waals surface area (Å²) >= 11 is 0. The highest BCUT2D eigenvalue weighted by molar-refractivity contribution is 5.94. The topological polar surface area (TPSA) is 47.6 Å². The van der Waals surface area contributed by atoms with Crippen molar-refractivity contribution in [2.75, 3.05) is 11.9 Å². The minimum Gasteiger partial charge on any atom is -0.494 e. The fourth-order valence-electron chi connectivity index (χ4n) is 2.04. The van der Waals surface area contributed by atoms with Crippen LogP contribution in [0.4, 0.5) is 10.1 Å². The Labute approximate surface area is 135 Å². The van der Waals surface area contributed by atoms with E-state index in [0.29, 0.717) is 18.7 Å². The van der Waals surface area contributed by atoms with E-state index in [1.165, 1.54) is 12.1 Å². The smallest absolute Gasteiger partial charge is 0.265 e. The molecule has 1 N–H and O–H groups in total. The van der Waals surface area contributed by atoms with Gasteiger partial charge in [-0.3, -0.25) is 4.79 Å². The summed E-state index contributed by atoms with van der Waals surface area (Å²) in [6.45, 7) is 4.30. The summed E-state index contributed by atoms with van der Waals surface area (Å²) < 4.78 is 24.4. The van der Waals surface area contributed by atoms with E-state index >= 15 is 0 Å². The number of nitrogens with one attached hydrogen (secondary N) is 1. The van der Waals surface area contributed by atoms with Crippen molar-refractivity contribution in [3.05, 3.63) is 54.3 Å². The first-order valence-electron chi connectivity index (χ1n) is 7.59. The average molecular weight is 317 g/mol. The van der Waals surface area contributed by atoms with Crippen molar-refractivity contribution < 1.29 is 18.7 Å². The van der Waals surface area contributed by atoms with Gasteiger partial charge in [0.25, 0.3) is 5.91 Å². The molecule has 0 saturated carbocycles. The molecule has 1 atom stereocenters. The first-order valence-corrected chi connectivity index (χ1v) is 7.59. The van der Waals surface area contributed by atoms with E-state index in [2.05, 4.69) is 5.32 Å². The van der Waals surface area contributed by atoms with Crippen LogP contribution in [0.2, 0.25) is 0 Å².